The van der Waals surface area contributed by atoms with E-state index < -0.39 is 23.7 Å². The molecule has 2 saturated carbocycles. The Morgan fingerprint density at radius 3 is 2.35 bits per heavy atom. The van der Waals surface area contributed by atoms with Gasteiger partial charge < -0.3 is 9.84 Å². The quantitative estimate of drug-likeness (QED) is 0.0995. The Kier molecular flexibility index (Phi) is 10.9. The topological polar surface area (TPSA) is 63.6 Å². The van der Waals surface area contributed by atoms with Crippen LogP contribution in [0.1, 0.15) is 126 Å². The zero-order valence-electron chi connectivity index (χ0n) is 28.0. The van der Waals surface area contributed by atoms with E-state index in [1.807, 2.05) is 0 Å². The number of allylic oxidation sites excluding steroid dienone is 4. The van der Waals surface area contributed by atoms with E-state index in [0.717, 1.165) is 25.2 Å². The van der Waals surface area contributed by atoms with E-state index in [0.29, 0.717) is 29.3 Å². The van der Waals surface area contributed by atoms with Gasteiger partial charge in [-0.05, 0) is 106 Å². The SMILES string of the molecule is CC(C)=CCC[C@@H](C)[C@H]1CC[C@@]2(C)C3=C(CC[C@]12C)[C@@]1(C)CC(F)C(OC(=O)CCSSCCC(=O)O)C(C)(C)[C@@H]1CC3. The minimum absolute atomic E-state index is 0.106. The molecule has 0 amide bonds. The summed E-state index contributed by atoms with van der Waals surface area (Å²) >= 11 is 0. The summed E-state index contributed by atoms with van der Waals surface area (Å²) in [7, 11) is 2.93. The van der Waals surface area contributed by atoms with Crippen LogP contribution < -0.4 is 0 Å². The summed E-state index contributed by atoms with van der Waals surface area (Å²) in [4.78, 5) is 23.5. The van der Waals surface area contributed by atoms with E-state index in [-0.39, 0.29) is 35.6 Å². The van der Waals surface area contributed by atoms with Gasteiger partial charge >= 0.3 is 11.9 Å². The predicted molar refractivity (Wildman–Crippen MR) is 179 cm³/mol. The Morgan fingerprint density at radius 2 is 1.70 bits per heavy atom. The summed E-state index contributed by atoms with van der Waals surface area (Å²) in [6, 6.07) is 0. The van der Waals surface area contributed by atoms with Crippen LogP contribution in [0.15, 0.2) is 22.8 Å². The van der Waals surface area contributed by atoms with Crippen LogP contribution in [0, 0.1) is 39.4 Å². The number of rotatable bonds is 12. The Morgan fingerprint density at radius 1 is 1.02 bits per heavy atom. The second-order valence-electron chi connectivity index (χ2n) is 15.7. The summed E-state index contributed by atoms with van der Waals surface area (Å²) in [6.07, 6.45) is 10.6. The van der Waals surface area contributed by atoms with Crippen LogP contribution in [-0.2, 0) is 14.3 Å². The number of halogens is 1. The van der Waals surface area contributed by atoms with Crippen LogP contribution in [0.4, 0.5) is 4.39 Å². The van der Waals surface area contributed by atoms with Crippen molar-refractivity contribution in [3.8, 4) is 0 Å². The third-order valence-corrected chi connectivity index (χ3v) is 15.1. The Hall–Kier alpha value is -0.950. The van der Waals surface area contributed by atoms with Gasteiger partial charge in [0.15, 0.2) is 0 Å². The summed E-state index contributed by atoms with van der Waals surface area (Å²) in [6.45, 7) is 18.6. The maximum atomic E-state index is 16.3. The van der Waals surface area contributed by atoms with Crippen molar-refractivity contribution in [3.05, 3.63) is 22.8 Å². The monoisotopic (exact) mass is 636 g/mol. The first-order valence-corrected chi connectivity index (χ1v) is 19.2. The van der Waals surface area contributed by atoms with E-state index in [2.05, 4.69) is 61.5 Å². The Balaban J connectivity index is 1.47. The van der Waals surface area contributed by atoms with Gasteiger partial charge in [-0.1, -0.05) is 85.9 Å². The molecule has 0 heterocycles. The number of hydrogen-bond donors (Lipinski definition) is 1. The van der Waals surface area contributed by atoms with E-state index >= 15 is 4.39 Å². The molecule has 0 spiro atoms. The van der Waals surface area contributed by atoms with Gasteiger partial charge in [-0.3, -0.25) is 9.59 Å². The maximum absolute atomic E-state index is 16.3. The van der Waals surface area contributed by atoms with Crippen molar-refractivity contribution >= 4 is 33.5 Å². The highest BCUT2D eigenvalue weighted by atomic mass is 33.1. The van der Waals surface area contributed by atoms with Gasteiger partial charge in [0.2, 0.25) is 0 Å². The number of carboxylic acid groups (broad SMARTS) is 1. The normalized spacial score (nSPS) is 37.1. The lowest BCUT2D eigenvalue weighted by Gasteiger charge is -2.62. The van der Waals surface area contributed by atoms with Gasteiger partial charge in [-0.25, -0.2) is 4.39 Å². The molecule has 2 unspecified atom stereocenters. The summed E-state index contributed by atoms with van der Waals surface area (Å²) in [5, 5.41) is 8.78. The second kappa shape index (κ2) is 13.4. The standard InChI is InChI=1S/C36H57FO4S2/c1-23(2)10-9-11-24(3)25-14-18-36(8)27-12-13-29-33(4,5)32(41-31(40)17-21-43-42-20-16-30(38)39)28(37)22-34(29,6)26(27)15-19-35(25,36)7/h10,24-25,28-29,32H,9,11-22H2,1-8H3,(H,38,39)/t24-,25-,28?,29+,32?,34-,35-,36+/m1/s1. The van der Waals surface area contributed by atoms with Crippen molar-refractivity contribution in [2.45, 2.75) is 138 Å². The largest absolute Gasteiger partial charge is 0.481 e. The summed E-state index contributed by atoms with van der Waals surface area (Å²) in [5.41, 5.74) is 4.45. The number of fused-ring (bicyclic) bond motifs is 4. The molecule has 8 atom stereocenters. The molecule has 0 radical (unpaired) electrons. The highest BCUT2D eigenvalue weighted by molar-refractivity contribution is 8.76. The molecule has 0 aromatic carbocycles. The number of hydrogen-bond acceptors (Lipinski definition) is 5. The number of ether oxygens (including phenoxy) is 1. The molecular weight excluding hydrogens is 580 g/mol. The average Bonchev–Trinajstić information content (AvgIpc) is 3.19. The molecule has 4 aliphatic carbocycles. The molecule has 0 aliphatic heterocycles. The van der Waals surface area contributed by atoms with Gasteiger partial charge in [0.05, 0.1) is 12.8 Å². The summed E-state index contributed by atoms with van der Waals surface area (Å²) < 4.78 is 22.2. The zero-order chi connectivity index (χ0) is 31.8. The zero-order valence-corrected chi connectivity index (χ0v) is 29.7. The number of alkyl halides is 1. The first-order valence-electron chi connectivity index (χ1n) is 16.7. The number of carbonyl (C=O) groups is 2. The highest BCUT2D eigenvalue weighted by Crippen LogP contribution is 2.72. The first-order chi connectivity index (χ1) is 20.1. The molecule has 0 saturated heterocycles. The van der Waals surface area contributed by atoms with Crippen molar-refractivity contribution in [2.75, 3.05) is 11.5 Å². The smallest absolute Gasteiger partial charge is 0.307 e. The molecule has 0 bridgehead atoms. The molecule has 7 heteroatoms. The van der Waals surface area contributed by atoms with Crippen molar-refractivity contribution in [1.82, 2.24) is 0 Å². The molecule has 43 heavy (non-hydrogen) atoms. The average molecular weight is 637 g/mol. The molecule has 4 aliphatic rings. The van der Waals surface area contributed by atoms with Crippen molar-refractivity contribution in [3.63, 3.8) is 0 Å². The number of carbonyl (C=O) groups excluding carboxylic acids is 1. The van der Waals surface area contributed by atoms with Gasteiger partial charge in [-0.15, -0.1) is 0 Å². The lowest BCUT2D eigenvalue weighted by Crippen LogP contribution is -2.59. The van der Waals surface area contributed by atoms with Crippen LogP contribution in [0.2, 0.25) is 0 Å². The van der Waals surface area contributed by atoms with Crippen LogP contribution in [0.25, 0.3) is 0 Å². The fourth-order valence-electron chi connectivity index (χ4n) is 10.3. The van der Waals surface area contributed by atoms with E-state index in [1.54, 1.807) is 11.1 Å². The Bertz CT molecular complexity index is 1110. The maximum Gasteiger partial charge on any atom is 0.307 e. The van der Waals surface area contributed by atoms with Crippen LogP contribution >= 0.6 is 21.6 Å². The van der Waals surface area contributed by atoms with Crippen molar-refractivity contribution < 1.29 is 23.8 Å². The predicted octanol–water partition coefficient (Wildman–Crippen LogP) is 10.2. The molecular formula is C36H57FO4S2. The fourth-order valence-corrected chi connectivity index (χ4v) is 12.3. The van der Waals surface area contributed by atoms with E-state index in [4.69, 9.17) is 9.84 Å². The Labute approximate surface area is 268 Å². The van der Waals surface area contributed by atoms with Gasteiger partial charge in [0, 0.05) is 16.9 Å². The lowest BCUT2D eigenvalue weighted by molar-refractivity contribution is -0.183. The van der Waals surface area contributed by atoms with Crippen LogP contribution in [0.5, 0.6) is 0 Å². The molecule has 1 N–H and O–H groups in total. The van der Waals surface area contributed by atoms with Gasteiger partial charge in [0.25, 0.3) is 0 Å². The molecule has 2 fully saturated rings. The third-order valence-electron chi connectivity index (χ3n) is 12.7. The van der Waals surface area contributed by atoms with E-state index in [1.165, 1.54) is 59.3 Å². The van der Waals surface area contributed by atoms with Crippen LogP contribution in [-0.4, -0.2) is 40.8 Å². The van der Waals surface area contributed by atoms with Gasteiger partial charge in [0.1, 0.15) is 12.3 Å². The molecule has 244 valence electrons. The summed E-state index contributed by atoms with van der Waals surface area (Å²) in [5.74, 6) is 1.60. The molecule has 0 aromatic rings. The fraction of sp³-hybridized carbons (Fsp3) is 0.833. The molecule has 4 nitrogen and oxygen atoms in total. The van der Waals surface area contributed by atoms with Crippen molar-refractivity contribution in [2.24, 2.45) is 39.4 Å². The van der Waals surface area contributed by atoms with Gasteiger partial charge in [-0.2, -0.15) is 0 Å². The molecule has 4 rings (SSSR count). The highest BCUT2D eigenvalue weighted by Gasteiger charge is 2.65. The number of aliphatic carboxylic acids is 1. The van der Waals surface area contributed by atoms with Crippen LogP contribution in [0.3, 0.4) is 0 Å². The first kappa shape index (κ1) is 34.9. The second-order valence-corrected chi connectivity index (χ2v) is 18.4. The minimum Gasteiger partial charge on any atom is -0.481 e. The van der Waals surface area contributed by atoms with E-state index in [9.17, 15) is 9.59 Å². The van der Waals surface area contributed by atoms with Crippen molar-refractivity contribution in [1.29, 1.82) is 0 Å². The minimum atomic E-state index is -1.18. The number of carboxylic acids is 1. The number of esters is 1. The molecule has 0 aromatic heterocycles. The lowest BCUT2D eigenvalue weighted by atomic mass is 9.43. The third kappa shape index (κ3) is 6.65.